The smallest absolute Gasteiger partial charge is 0.257 e. The second-order valence-electron chi connectivity index (χ2n) is 5.31. The molecule has 0 bridgehead atoms. The van der Waals surface area contributed by atoms with Gasteiger partial charge in [0.1, 0.15) is 17.5 Å². The van der Waals surface area contributed by atoms with Gasteiger partial charge in [-0.2, -0.15) is 0 Å². The quantitative estimate of drug-likeness (QED) is 0.719. The number of aromatic nitrogens is 2. The van der Waals surface area contributed by atoms with Gasteiger partial charge >= 0.3 is 0 Å². The van der Waals surface area contributed by atoms with Gasteiger partial charge in [-0.15, -0.1) is 0 Å². The number of carbonyl (C=O) groups excluding carboxylic acids is 1. The SMILES string of the molecule is O=C(COc1ccc(F)cc1F)NCCc1nc2ccc(F)cc2[nH]1. The first-order valence-electron chi connectivity index (χ1n) is 7.50. The average molecular weight is 349 g/mol. The summed E-state index contributed by atoms with van der Waals surface area (Å²) in [4.78, 5) is 18.9. The molecule has 0 aliphatic heterocycles. The third kappa shape index (κ3) is 4.28. The Morgan fingerprint density at radius 1 is 1.12 bits per heavy atom. The van der Waals surface area contributed by atoms with Crippen molar-refractivity contribution in [3.8, 4) is 5.75 Å². The normalized spacial score (nSPS) is 10.8. The Bertz CT molecular complexity index is 911. The predicted molar refractivity (Wildman–Crippen MR) is 84.6 cm³/mol. The maximum absolute atomic E-state index is 13.4. The van der Waals surface area contributed by atoms with E-state index in [1.54, 1.807) is 6.07 Å². The molecule has 0 saturated heterocycles. The van der Waals surface area contributed by atoms with Crippen LogP contribution in [0.15, 0.2) is 36.4 Å². The highest BCUT2D eigenvalue weighted by Gasteiger charge is 2.09. The van der Waals surface area contributed by atoms with Crippen LogP contribution < -0.4 is 10.1 Å². The highest BCUT2D eigenvalue weighted by atomic mass is 19.1. The van der Waals surface area contributed by atoms with E-state index in [1.807, 2.05) is 0 Å². The van der Waals surface area contributed by atoms with Crippen molar-refractivity contribution in [2.45, 2.75) is 6.42 Å². The van der Waals surface area contributed by atoms with Crippen LogP contribution in [0.4, 0.5) is 13.2 Å². The Balaban J connectivity index is 1.47. The lowest BCUT2D eigenvalue weighted by Gasteiger charge is -2.07. The Hall–Kier alpha value is -3.03. The van der Waals surface area contributed by atoms with Crippen LogP contribution in [0.1, 0.15) is 5.82 Å². The molecule has 0 atom stereocenters. The molecule has 0 spiro atoms. The molecule has 0 radical (unpaired) electrons. The van der Waals surface area contributed by atoms with Crippen LogP contribution in [0.25, 0.3) is 11.0 Å². The second-order valence-corrected chi connectivity index (χ2v) is 5.31. The second kappa shape index (κ2) is 7.25. The van der Waals surface area contributed by atoms with E-state index in [0.29, 0.717) is 29.3 Å². The van der Waals surface area contributed by atoms with Crippen molar-refractivity contribution in [1.29, 1.82) is 0 Å². The highest BCUT2D eigenvalue weighted by Crippen LogP contribution is 2.17. The van der Waals surface area contributed by atoms with Crippen LogP contribution in [-0.4, -0.2) is 29.0 Å². The Labute approximate surface area is 140 Å². The number of ether oxygens (including phenoxy) is 1. The number of amides is 1. The lowest BCUT2D eigenvalue weighted by atomic mass is 10.3. The van der Waals surface area contributed by atoms with Gasteiger partial charge in [0.05, 0.1) is 11.0 Å². The zero-order valence-electron chi connectivity index (χ0n) is 13.0. The fraction of sp³-hybridized carbons (Fsp3) is 0.176. The van der Waals surface area contributed by atoms with Crippen molar-refractivity contribution < 1.29 is 22.7 Å². The van der Waals surface area contributed by atoms with E-state index < -0.39 is 24.1 Å². The van der Waals surface area contributed by atoms with E-state index in [-0.39, 0.29) is 18.1 Å². The summed E-state index contributed by atoms with van der Waals surface area (Å²) in [6.07, 6.45) is 0.410. The molecule has 3 aromatic rings. The van der Waals surface area contributed by atoms with E-state index in [4.69, 9.17) is 4.74 Å². The molecule has 0 unspecified atom stereocenters. The number of hydrogen-bond donors (Lipinski definition) is 2. The lowest BCUT2D eigenvalue weighted by molar-refractivity contribution is -0.123. The maximum atomic E-state index is 13.4. The highest BCUT2D eigenvalue weighted by molar-refractivity contribution is 5.77. The topological polar surface area (TPSA) is 67.0 Å². The molecule has 0 fully saturated rings. The predicted octanol–water partition coefficient (Wildman–Crippen LogP) is 2.72. The summed E-state index contributed by atoms with van der Waals surface area (Å²) in [5, 5.41) is 2.59. The fourth-order valence-electron chi connectivity index (χ4n) is 2.26. The van der Waals surface area contributed by atoms with E-state index in [2.05, 4.69) is 15.3 Å². The number of nitrogens with zero attached hydrogens (tertiary/aromatic N) is 1. The van der Waals surface area contributed by atoms with Gasteiger partial charge < -0.3 is 15.0 Å². The zero-order valence-corrected chi connectivity index (χ0v) is 13.0. The van der Waals surface area contributed by atoms with Gasteiger partial charge in [0.2, 0.25) is 0 Å². The minimum atomic E-state index is -0.873. The molecule has 8 heteroatoms. The molecule has 130 valence electrons. The Morgan fingerprint density at radius 2 is 1.88 bits per heavy atom. The summed E-state index contributed by atoms with van der Waals surface area (Å²) in [7, 11) is 0. The number of aromatic amines is 1. The van der Waals surface area contributed by atoms with Gasteiger partial charge in [0, 0.05) is 19.0 Å². The lowest BCUT2D eigenvalue weighted by Crippen LogP contribution is -2.30. The van der Waals surface area contributed by atoms with Gasteiger partial charge in [-0.05, 0) is 30.3 Å². The third-order valence-electron chi connectivity index (χ3n) is 3.43. The molecular formula is C17H14F3N3O2. The summed E-state index contributed by atoms with van der Waals surface area (Å²) in [5.74, 6) is -2.00. The summed E-state index contributed by atoms with van der Waals surface area (Å²) < 4.78 is 44.2. The monoisotopic (exact) mass is 349 g/mol. The van der Waals surface area contributed by atoms with Crippen molar-refractivity contribution in [2.24, 2.45) is 0 Å². The molecule has 1 aromatic heterocycles. The number of H-pyrrole nitrogens is 1. The van der Waals surface area contributed by atoms with Gasteiger partial charge in [0.25, 0.3) is 5.91 Å². The van der Waals surface area contributed by atoms with E-state index in [0.717, 1.165) is 12.1 Å². The van der Waals surface area contributed by atoms with Gasteiger partial charge in [0.15, 0.2) is 18.2 Å². The molecule has 25 heavy (non-hydrogen) atoms. The number of halogens is 3. The molecule has 1 heterocycles. The summed E-state index contributed by atoms with van der Waals surface area (Å²) in [6, 6.07) is 7.06. The van der Waals surface area contributed by atoms with Crippen LogP contribution in [0.5, 0.6) is 5.75 Å². The number of rotatable bonds is 6. The minimum absolute atomic E-state index is 0.198. The number of hydrogen-bond acceptors (Lipinski definition) is 3. The standard InChI is InChI=1S/C17H14F3N3O2/c18-10-2-4-15(12(20)7-10)25-9-17(24)21-6-5-16-22-13-3-1-11(19)8-14(13)23-16/h1-4,7-8H,5-6,9H2,(H,21,24)(H,22,23). The van der Waals surface area contributed by atoms with Crippen molar-refractivity contribution in [2.75, 3.05) is 13.2 Å². The van der Waals surface area contributed by atoms with Gasteiger partial charge in [-0.25, -0.2) is 18.2 Å². The van der Waals surface area contributed by atoms with Crippen LogP contribution in [0.3, 0.4) is 0 Å². The molecule has 2 aromatic carbocycles. The number of fused-ring (bicyclic) bond motifs is 1. The average Bonchev–Trinajstić information content (AvgIpc) is 2.95. The Morgan fingerprint density at radius 3 is 2.68 bits per heavy atom. The van der Waals surface area contributed by atoms with Crippen LogP contribution in [0, 0.1) is 17.5 Å². The summed E-state index contributed by atoms with van der Waals surface area (Å²) in [6.45, 7) is -0.121. The number of carbonyl (C=O) groups is 1. The van der Waals surface area contributed by atoms with E-state index in [9.17, 15) is 18.0 Å². The molecule has 0 aliphatic carbocycles. The largest absolute Gasteiger partial charge is 0.481 e. The van der Waals surface area contributed by atoms with Crippen molar-refractivity contribution in [3.05, 3.63) is 59.7 Å². The Kier molecular flexibility index (Phi) is 4.87. The van der Waals surface area contributed by atoms with Crippen LogP contribution in [-0.2, 0) is 11.2 Å². The van der Waals surface area contributed by atoms with Crippen molar-refractivity contribution in [3.63, 3.8) is 0 Å². The number of nitrogens with one attached hydrogen (secondary N) is 2. The minimum Gasteiger partial charge on any atom is -0.481 e. The van der Waals surface area contributed by atoms with E-state index >= 15 is 0 Å². The number of imidazole rings is 1. The molecular weight excluding hydrogens is 335 g/mol. The first-order chi connectivity index (χ1) is 12.0. The summed E-state index contributed by atoms with van der Waals surface area (Å²) >= 11 is 0. The van der Waals surface area contributed by atoms with Crippen molar-refractivity contribution in [1.82, 2.24) is 15.3 Å². The van der Waals surface area contributed by atoms with Crippen LogP contribution >= 0.6 is 0 Å². The molecule has 1 amide bonds. The molecule has 5 nitrogen and oxygen atoms in total. The number of benzene rings is 2. The zero-order chi connectivity index (χ0) is 17.8. The fourth-order valence-corrected chi connectivity index (χ4v) is 2.26. The first kappa shape index (κ1) is 16.8. The van der Waals surface area contributed by atoms with Gasteiger partial charge in [-0.3, -0.25) is 4.79 Å². The summed E-state index contributed by atoms with van der Waals surface area (Å²) in [5.41, 5.74) is 1.22. The molecule has 3 rings (SSSR count). The first-order valence-corrected chi connectivity index (χ1v) is 7.50. The molecule has 0 saturated carbocycles. The van der Waals surface area contributed by atoms with E-state index in [1.165, 1.54) is 12.1 Å². The van der Waals surface area contributed by atoms with Gasteiger partial charge in [-0.1, -0.05) is 0 Å². The molecule has 2 N–H and O–H groups in total. The van der Waals surface area contributed by atoms with Crippen molar-refractivity contribution >= 4 is 16.9 Å². The van der Waals surface area contributed by atoms with Crippen LogP contribution in [0.2, 0.25) is 0 Å². The molecule has 0 aliphatic rings. The third-order valence-corrected chi connectivity index (χ3v) is 3.43. The maximum Gasteiger partial charge on any atom is 0.257 e.